The zero-order valence-electron chi connectivity index (χ0n) is 15.5. The van der Waals surface area contributed by atoms with E-state index in [4.69, 9.17) is 19.2 Å². The van der Waals surface area contributed by atoms with Gasteiger partial charge in [-0.1, -0.05) is 18.9 Å². The molecule has 8 nitrogen and oxygen atoms in total. The Balaban J connectivity index is 1.64. The molecule has 0 unspecified atom stereocenters. The number of amides is 1. The third-order valence-electron chi connectivity index (χ3n) is 5.29. The maximum Gasteiger partial charge on any atom is 0.246 e. The van der Waals surface area contributed by atoms with E-state index in [1.165, 1.54) is 12.8 Å². The SMILES string of the molecule is COc1ccc([C@H]2NC(=O)CO[C@@H]2c2nc(C3CCCC3)n[nH]2)cc1OC. The molecule has 0 spiro atoms. The first-order valence-corrected chi connectivity index (χ1v) is 9.24. The first-order valence-electron chi connectivity index (χ1n) is 9.24. The Morgan fingerprint density at radius 1 is 1.15 bits per heavy atom. The lowest BCUT2D eigenvalue weighted by atomic mass is 9.98. The minimum atomic E-state index is -0.441. The Hall–Kier alpha value is -2.61. The molecule has 1 saturated heterocycles. The molecule has 8 heteroatoms. The molecular weight excluding hydrogens is 348 g/mol. The predicted octanol–water partition coefficient (Wildman–Crippen LogP) is 2.41. The molecule has 2 aromatic rings. The van der Waals surface area contributed by atoms with Crippen LogP contribution in [0.2, 0.25) is 0 Å². The smallest absolute Gasteiger partial charge is 0.246 e. The minimum Gasteiger partial charge on any atom is -0.493 e. The fourth-order valence-electron chi connectivity index (χ4n) is 3.88. The van der Waals surface area contributed by atoms with Crippen LogP contribution in [0.25, 0.3) is 0 Å². The van der Waals surface area contributed by atoms with Crippen LogP contribution in [0.1, 0.15) is 61.0 Å². The van der Waals surface area contributed by atoms with Crippen LogP contribution in [0, 0.1) is 0 Å². The van der Waals surface area contributed by atoms with Gasteiger partial charge in [-0.05, 0) is 30.5 Å². The van der Waals surface area contributed by atoms with Crippen LogP contribution < -0.4 is 14.8 Å². The molecule has 2 heterocycles. The monoisotopic (exact) mass is 372 g/mol. The van der Waals surface area contributed by atoms with Gasteiger partial charge in [0.05, 0.1) is 20.3 Å². The van der Waals surface area contributed by atoms with Crippen LogP contribution in [-0.4, -0.2) is 41.9 Å². The molecule has 2 atom stereocenters. The second-order valence-electron chi connectivity index (χ2n) is 6.95. The number of aromatic amines is 1. The highest BCUT2D eigenvalue weighted by atomic mass is 16.5. The molecule has 2 aliphatic rings. The van der Waals surface area contributed by atoms with E-state index in [1.807, 2.05) is 18.2 Å². The molecule has 1 saturated carbocycles. The van der Waals surface area contributed by atoms with Gasteiger partial charge in [0.1, 0.15) is 12.7 Å². The van der Waals surface area contributed by atoms with Gasteiger partial charge in [0, 0.05) is 5.92 Å². The number of rotatable bonds is 5. The lowest BCUT2D eigenvalue weighted by Crippen LogP contribution is -2.42. The standard InChI is InChI=1S/C19H24N4O4/c1-25-13-8-7-12(9-14(13)26-2)16-17(27-10-15(24)20-16)19-21-18(22-23-19)11-5-3-4-6-11/h7-9,11,16-17H,3-6,10H2,1-2H3,(H,20,24)(H,21,22,23)/t16-,17+/m1/s1. The van der Waals surface area contributed by atoms with Crippen molar-refractivity contribution in [3.05, 3.63) is 35.4 Å². The highest BCUT2D eigenvalue weighted by Gasteiger charge is 2.35. The second kappa shape index (κ2) is 7.56. The summed E-state index contributed by atoms with van der Waals surface area (Å²) in [5, 5.41) is 10.4. The summed E-state index contributed by atoms with van der Waals surface area (Å²) < 4.78 is 16.5. The van der Waals surface area contributed by atoms with Gasteiger partial charge in [-0.3, -0.25) is 9.89 Å². The number of morpholine rings is 1. The zero-order chi connectivity index (χ0) is 18.8. The van der Waals surface area contributed by atoms with Crippen molar-refractivity contribution in [2.45, 2.75) is 43.7 Å². The van der Waals surface area contributed by atoms with Crippen molar-refractivity contribution in [1.82, 2.24) is 20.5 Å². The molecule has 2 N–H and O–H groups in total. The molecule has 0 radical (unpaired) electrons. The topological polar surface area (TPSA) is 98.4 Å². The number of nitrogens with zero attached hydrogens (tertiary/aromatic N) is 2. The zero-order valence-corrected chi connectivity index (χ0v) is 15.5. The number of benzene rings is 1. The number of carbonyl (C=O) groups is 1. The Bertz CT molecular complexity index is 816. The van der Waals surface area contributed by atoms with Crippen molar-refractivity contribution >= 4 is 5.91 Å². The van der Waals surface area contributed by atoms with Crippen molar-refractivity contribution < 1.29 is 19.0 Å². The van der Waals surface area contributed by atoms with Gasteiger partial charge in [-0.15, -0.1) is 0 Å². The predicted molar refractivity (Wildman–Crippen MR) is 96.7 cm³/mol. The molecule has 1 amide bonds. The molecule has 4 rings (SSSR count). The fourth-order valence-corrected chi connectivity index (χ4v) is 3.88. The lowest BCUT2D eigenvalue weighted by molar-refractivity contribution is -0.137. The van der Waals surface area contributed by atoms with Crippen LogP contribution in [0.3, 0.4) is 0 Å². The number of carbonyl (C=O) groups excluding carboxylic acids is 1. The molecule has 1 aromatic carbocycles. The van der Waals surface area contributed by atoms with Gasteiger partial charge in [0.2, 0.25) is 5.91 Å². The van der Waals surface area contributed by atoms with Crippen LogP contribution in [0.15, 0.2) is 18.2 Å². The van der Waals surface area contributed by atoms with Gasteiger partial charge in [-0.2, -0.15) is 5.10 Å². The highest BCUT2D eigenvalue weighted by molar-refractivity contribution is 5.78. The quantitative estimate of drug-likeness (QED) is 0.836. The van der Waals surface area contributed by atoms with Crippen LogP contribution in [0.4, 0.5) is 0 Å². The molecule has 144 valence electrons. The third kappa shape index (κ3) is 3.49. The Morgan fingerprint density at radius 2 is 1.93 bits per heavy atom. The van der Waals surface area contributed by atoms with Crippen molar-refractivity contribution in [1.29, 1.82) is 0 Å². The molecule has 27 heavy (non-hydrogen) atoms. The number of hydrogen-bond donors (Lipinski definition) is 2. The minimum absolute atomic E-state index is 0.00603. The summed E-state index contributed by atoms with van der Waals surface area (Å²) >= 11 is 0. The first-order chi connectivity index (χ1) is 13.2. The summed E-state index contributed by atoms with van der Waals surface area (Å²) in [6, 6.07) is 5.16. The molecule has 2 fully saturated rings. The number of methoxy groups -OCH3 is 2. The van der Waals surface area contributed by atoms with E-state index in [0.717, 1.165) is 24.2 Å². The second-order valence-corrected chi connectivity index (χ2v) is 6.95. The number of H-pyrrole nitrogens is 1. The van der Waals surface area contributed by atoms with Crippen LogP contribution >= 0.6 is 0 Å². The summed E-state index contributed by atoms with van der Waals surface area (Å²) in [5.74, 6) is 2.95. The summed E-state index contributed by atoms with van der Waals surface area (Å²) in [6.45, 7) is -0.00603. The maximum absolute atomic E-state index is 12.0. The molecule has 0 bridgehead atoms. The van der Waals surface area contributed by atoms with Crippen molar-refractivity contribution in [2.75, 3.05) is 20.8 Å². The van der Waals surface area contributed by atoms with E-state index in [0.29, 0.717) is 23.2 Å². The van der Waals surface area contributed by atoms with E-state index >= 15 is 0 Å². The van der Waals surface area contributed by atoms with Gasteiger partial charge in [-0.25, -0.2) is 4.98 Å². The van der Waals surface area contributed by atoms with Gasteiger partial charge in [0.25, 0.3) is 0 Å². The number of hydrogen-bond acceptors (Lipinski definition) is 6. The van der Waals surface area contributed by atoms with E-state index in [9.17, 15) is 4.79 Å². The van der Waals surface area contributed by atoms with E-state index in [2.05, 4.69) is 15.5 Å². The van der Waals surface area contributed by atoms with Crippen molar-refractivity contribution in [3.8, 4) is 11.5 Å². The summed E-state index contributed by atoms with van der Waals surface area (Å²) in [6.07, 6.45) is 4.25. The van der Waals surface area contributed by atoms with Crippen molar-refractivity contribution in [2.24, 2.45) is 0 Å². The van der Waals surface area contributed by atoms with Crippen LogP contribution in [0.5, 0.6) is 11.5 Å². The maximum atomic E-state index is 12.0. The third-order valence-corrected chi connectivity index (χ3v) is 5.29. The van der Waals surface area contributed by atoms with Gasteiger partial charge in [0.15, 0.2) is 23.1 Å². The van der Waals surface area contributed by atoms with Crippen LogP contribution in [-0.2, 0) is 9.53 Å². The van der Waals surface area contributed by atoms with E-state index in [1.54, 1.807) is 14.2 Å². The van der Waals surface area contributed by atoms with E-state index < -0.39 is 12.1 Å². The average molecular weight is 372 g/mol. The highest BCUT2D eigenvalue weighted by Crippen LogP contribution is 2.38. The summed E-state index contributed by atoms with van der Waals surface area (Å²) in [5.41, 5.74) is 0.851. The van der Waals surface area contributed by atoms with Gasteiger partial charge >= 0.3 is 0 Å². The molecule has 1 aliphatic carbocycles. The number of aromatic nitrogens is 3. The number of nitrogens with one attached hydrogen (secondary N) is 2. The van der Waals surface area contributed by atoms with Gasteiger partial charge < -0.3 is 19.5 Å². The normalized spacial score (nSPS) is 23.3. The summed E-state index contributed by atoms with van der Waals surface area (Å²) in [4.78, 5) is 16.7. The largest absolute Gasteiger partial charge is 0.493 e. The Kier molecular flexibility index (Phi) is 4.98. The molecular formula is C19H24N4O4. The summed E-state index contributed by atoms with van der Waals surface area (Å²) in [7, 11) is 3.17. The lowest BCUT2D eigenvalue weighted by Gasteiger charge is -2.31. The van der Waals surface area contributed by atoms with Crippen molar-refractivity contribution in [3.63, 3.8) is 0 Å². The number of ether oxygens (including phenoxy) is 3. The average Bonchev–Trinajstić information content (AvgIpc) is 3.39. The molecule has 1 aliphatic heterocycles. The Labute approximate surface area is 157 Å². The fraction of sp³-hybridized carbons (Fsp3) is 0.526. The first kappa shape index (κ1) is 17.8. The van der Waals surface area contributed by atoms with E-state index in [-0.39, 0.29) is 12.5 Å². The Morgan fingerprint density at radius 3 is 2.67 bits per heavy atom. The molecule has 1 aromatic heterocycles.